The van der Waals surface area contributed by atoms with E-state index in [9.17, 15) is 5.11 Å². The molecule has 2 N–H and O–H groups in total. The van der Waals surface area contributed by atoms with E-state index < -0.39 is 0 Å². The van der Waals surface area contributed by atoms with E-state index in [2.05, 4.69) is 24.9 Å². The summed E-state index contributed by atoms with van der Waals surface area (Å²) in [5.41, 5.74) is 2.31. The summed E-state index contributed by atoms with van der Waals surface area (Å²) in [6.07, 6.45) is 10.5. The van der Waals surface area contributed by atoms with Crippen molar-refractivity contribution in [1.29, 1.82) is 5.41 Å². The van der Waals surface area contributed by atoms with Crippen LogP contribution >= 0.6 is 0 Å². The molecule has 0 saturated carbocycles. The third-order valence-electron chi connectivity index (χ3n) is 2.75. The van der Waals surface area contributed by atoms with Crippen LogP contribution in [0.4, 0.5) is 0 Å². The zero-order chi connectivity index (χ0) is 13.2. The molecule has 1 aliphatic carbocycles. The number of benzene rings is 1. The van der Waals surface area contributed by atoms with Crippen molar-refractivity contribution < 1.29 is 5.11 Å². The third-order valence-corrected chi connectivity index (χ3v) is 2.75. The molecule has 0 amide bonds. The molecule has 18 heavy (non-hydrogen) atoms. The Morgan fingerprint density at radius 1 is 1.17 bits per heavy atom. The molecule has 0 heterocycles. The van der Waals surface area contributed by atoms with Crippen LogP contribution in [-0.4, -0.2) is 11.8 Å². The normalized spacial score (nSPS) is 15.8. The molecule has 0 unspecified atom stereocenters. The molecular weight excluding hydrogens is 222 g/mol. The number of allylic oxidation sites excluding steroid dienone is 6. The first-order valence-electron chi connectivity index (χ1n) is 6.00. The molecule has 0 aliphatic heterocycles. The number of nitrogens with one attached hydrogen (secondary N) is 1. The van der Waals surface area contributed by atoms with Crippen LogP contribution in [0.25, 0.3) is 0 Å². The molecule has 2 heteroatoms. The van der Waals surface area contributed by atoms with E-state index in [1.807, 2.05) is 36.4 Å². The monoisotopic (exact) mass is 241 g/mol. The zero-order valence-corrected chi connectivity index (χ0v) is 10.5. The maximum absolute atomic E-state index is 9.93. The average Bonchev–Trinajstić information content (AvgIpc) is 2.49. The highest BCUT2D eigenvalue weighted by Crippen LogP contribution is 2.17. The maximum atomic E-state index is 9.93. The van der Waals surface area contributed by atoms with Crippen molar-refractivity contribution in [2.45, 2.75) is 19.3 Å². The van der Waals surface area contributed by atoms with E-state index in [1.54, 1.807) is 0 Å². The summed E-state index contributed by atoms with van der Waals surface area (Å²) in [7, 11) is 0. The lowest BCUT2D eigenvalue weighted by molar-refractivity contribution is 0.382. The highest BCUT2D eigenvalue weighted by atomic mass is 16.3. The van der Waals surface area contributed by atoms with Crippen molar-refractivity contribution in [2.24, 2.45) is 0 Å². The molecule has 0 atom stereocenters. The van der Waals surface area contributed by atoms with E-state index in [0.29, 0.717) is 5.76 Å². The Bertz CT molecular complexity index is 443. The second kappa shape index (κ2) is 8.07. The fraction of sp³-hybridized carbons (Fsp3) is 0.188. The molecule has 1 aliphatic rings. The SMILES string of the molecule is C=N.O/C(CCc1ccccc1)=C1\C=CC=CC1. The first kappa shape index (κ1) is 14.0. The second-order valence-corrected chi connectivity index (χ2v) is 3.95. The minimum Gasteiger partial charge on any atom is -0.512 e. The van der Waals surface area contributed by atoms with Gasteiger partial charge in [0.15, 0.2) is 0 Å². The standard InChI is InChI=1S/C15H16O.CH3N/c16-15(14-9-5-2-6-10-14)12-11-13-7-3-1-4-8-13;1-2/h1-9,16H,10-12H2;2H,1H2/b15-14+;. The summed E-state index contributed by atoms with van der Waals surface area (Å²) in [5, 5.41) is 15.4. The van der Waals surface area contributed by atoms with Gasteiger partial charge in [-0.1, -0.05) is 54.6 Å². The summed E-state index contributed by atoms with van der Waals surface area (Å²) < 4.78 is 0. The minimum atomic E-state index is 0.518. The second-order valence-electron chi connectivity index (χ2n) is 3.95. The van der Waals surface area contributed by atoms with Crippen molar-refractivity contribution >= 4 is 6.72 Å². The topological polar surface area (TPSA) is 44.1 Å². The molecule has 1 aromatic carbocycles. The Kier molecular flexibility index (Phi) is 6.26. The van der Waals surface area contributed by atoms with Gasteiger partial charge in [-0.05, 0) is 30.7 Å². The maximum Gasteiger partial charge on any atom is 0.0960 e. The molecule has 1 aromatic rings. The lowest BCUT2D eigenvalue weighted by atomic mass is 10.0. The summed E-state index contributed by atoms with van der Waals surface area (Å²) in [4.78, 5) is 0. The predicted octanol–water partition coefficient (Wildman–Crippen LogP) is 4.21. The van der Waals surface area contributed by atoms with Crippen LogP contribution in [0, 0.1) is 5.41 Å². The zero-order valence-electron chi connectivity index (χ0n) is 10.5. The smallest absolute Gasteiger partial charge is 0.0960 e. The number of hydrogen-bond acceptors (Lipinski definition) is 2. The van der Waals surface area contributed by atoms with Gasteiger partial charge in [0, 0.05) is 6.42 Å². The molecule has 0 aromatic heterocycles. The lowest BCUT2D eigenvalue weighted by Gasteiger charge is -2.07. The Morgan fingerprint density at radius 2 is 1.89 bits per heavy atom. The van der Waals surface area contributed by atoms with Crippen molar-refractivity contribution in [3.05, 3.63) is 71.5 Å². The van der Waals surface area contributed by atoms with E-state index in [0.717, 1.165) is 24.8 Å². The van der Waals surface area contributed by atoms with Crippen LogP contribution in [0.3, 0.4) is 0 Å². The Morgan fingerprint density at radius 3 is 2.50 bits per heavy atom. The van der Waals surface area contributed by atoms with Crippen LogP contribution < -0.4 is 0 Å². The van der Waals surface area contributed by atoms with E-state index in [4.69, 9.17) is 5.41 Å². The number of rotatable bonds is 3. The van der Waals surface area contributed by atoms with Gasteiger partial charge >= 0.3 is 0 Å². The van der Waals surface area contributed by atoms with Crippen molar-refractivity contribution in [3.8, 4) is 0 Å². The summed E-state index contributed by atoms with van der Waals surface area (Å²) in [6.45, 7) is 2.50. The van der Waals surface area contributed by atoms with Gasteiger partial charge in [-0.15, -0.1) is 0 Å². The van der Waals surface area contributed by atoms with E-state index >= 15 is 0 Å². The summed E-state index contributed by atoms with van der Waals surface area (Å²) in [5.74, 6) is 0.518. The molecule has 94 valence electrons. The fourth-order valence-corrected chi connectivity index (χ4v) is 1.80. The highest BCUT2D eigenvalue weighted by molar-refractivity contribution is 5.31. The molecule has 0 saturated heterocycles. The van der Waals surface area contributed by atoms with Gasteiger partial charge in [0.25, 0.3) is 0 Å². The fourth-order valence-electron chi connectivity index (χ4n) is 1.80. The molecule has 2 rings (SSSR count). The molecular formula is C16H19NO. The molecule has 0 fully saturated rings. The van der Waals surface area contributed by atoms with Gasteiger partial charge in [0.05, 0.1) is 5.76 Å². The largest absolute Gasteiger partial charge is 0.512 e. The minimum absolute atomic E-state index is 0.518. The predicted molar refractivity (Wildman–Crippen MR) is 77.2 cm³/mol. The van der Waals surface area contributed by atoms with Crippen molar-refractivity contribution in [1.82, 2.24) is 0 Å². The average molecular weight is 241 g/mol. The molecule has 0 radical (unpaired) electrons. The van der Waals surface area contributed by atoms with Gasteiger partial charge in [0.1, 0.15) is 0 Å². The van der Waals surface area contributed by atoms with Crippen LogP contribution in [0.1, 0.15) is 18.4 Å². The third kappa shape index (κ3) is 4.42. The van der Waals surface area contributed by atoms with E-state index in [1.165, 1.54) is 5.56 Å². The quantitative estimate of drug-likeness (QED) is 0.604. The van der Waals surface area contributed by atoms with Gasteiger partial charge < -0.3 is 10.5 Å². The molecule has 2 nitrogen and oxygen atoms in total. The van der Waals surface area contributed by atoms with Crippen molar-refractivity contribution in [3.63, 3.8) is 0 Å². The van der Waals surface area contributed by atoms with Crippen LogP contribution in [0.15, 0.2) is 66.0 Å². The number of aryl methyl sites for hydroxylation is 1. The van der Waals surface area contributed by atoms with Crippen molar-refractivity contribution in [2.75, 3.05) is 0 Å². The van der Waals surface area contributed by atoms with Gasteiger partial charge in [-0.3, -0.25) is 0 Å². The number of aliphatic hydroxyl groups is 1. The van der Waals surface area contributed by atoms with Crippen LogP contribution in [0.5, 0.6) is 0 Å². The Hall–Kier alpha value is -2.09. The van der Waals surface area contributed by atoms with E-state index in [-0.39, 0.29) is 0 Å². The Balaban J connectivity index is 0.000000771. The van der Waals surface area contributed by atoms with Crippen LogP contribution in [0.2, 0.25) is 0 Å². The summed E-state index contributed by atoms with van der Waals surface area (Å²) >= 11 is 0. The first-order chi connectivity index (χ1) is 8.86. The first-order valence-corrected chi connectivity index (χ1v) is 6.00. The molecule has 0 bridgehead atoms. The van der Waals surface area contributed by atoms with Gasteiger partial charge in [-0.2, -0.15) is 0 Å². The Labute approximate surface area is 108 Å². The van der Waals surface area contributed by atoms with Crippen LogP contribution in [-0.2, 0) is 6.42 Å². The molecule has 0 spiro atoms. The highest BCUT2D eigenvalue weighted by Gasteiger charge is 2.03. The summed E-state index contributed by atoms with van der Waals surface area (Å²) in [6, 6.07) is 10.3. The lowest BCUT2D eigenvalue weighted by Crippen LogP contribution is -1.93. The number of hydrogen-bond donors (Lipinski definition) is 2. The van der Waals surface area contributed by atoms with Gasteiger partial charge in [0.2, 0.25) is 0 Å². The van der Waals surface area contributed by atoms with Gasteiger partial charge in [-0.25, -0.2) is 0 Å². The number of aliphatic hydroxyl groups excluding tert-OH is 1.